The lowest BCUT2D eigenvalue weighted by Gasteiger charge is -1.92. The van der Waals surface area contributed by atoms with E-state index in [0.29, 0.717) is 0 Å². The van der Waals surface area contributed by atoms with Crippen LogP contribution < -0.4 is 0 Å². The average Bonchev–Trinajstić information content (AvgIpc) is 2.67. The SMILES string of the molecule is CCCCC(C)=C=C1CC1. The van der Waals surface area contributed by atoms with Crippen molar-refractivity contribution in [1.82, 2.24) is 0 Å². The van der Waals surface area contributed by atoms with E-state index in [1.54, 1.807) is 0 Å². The molecule has 0 unspecified atom stereocenters. The van der Waals surface area contributed by atoms with Crippen LogP contribution in [-0.2, 0) is 0 Å². The van der Waals surface area contributed by atoms with Gasteiger partial charge in [0.1, 0.15) is 0 Å². The summed E-state index contributed by atoms with van der Waals surface area (Å²) < 4.78 is 0. The predicted molar refractivity (Wildman–Crippen MR) is 45.0 cm³/mol. The van der Waals surface area contributed by atoms with Crippen molar-refractivity contribution in [1.29, 1.82) is 0 Å². The van der Waals surface area contributed by atoms with Gasteiger partial charge in [-0.1, -0.05) is 13.3 Å². The quantitative estimate of drug-likeness (QED) is 0.521. The summed E-state index contributed by atoms with van der Waals surface area (Å²) in [5, 5.41) is 0. The van der Waals surface area contributed by atoms with Gasteiger partial charge in [0.25, 0.3) is 0 Å². The first-order chi connectivity index (χ1) is 4.83. The average molecular weight is 136 g/mol. The Hall–Kier alpha value is -0.480. The molecule has 0 atom stereocenters. The summed E-state index contributed by atoms with van der Waals surface area (Å²) in [7, 11) is 0. The zero-order valence-electron chi connectivity index (χ0n) is 7.04. The van der Waals surface area contributed by atoms with Gasteiger partial charge in [-0.15, -0.1) is 5.73 Å². The zero-order chi connectivity index (χ0) is 7.40. The molecule has 0 heterocycles. The Morgan fingerprint density at radius 3 is 2.70 bits per heavy atom. The second kappa shape index (κ2) is 3.63. The van der Waals surface area contributed by atoms with Crippen molar-refractivity contribution in [2.24, 2.45) is 0 Å². The van der Waals surface area contributed by atoms with E-state index >= 15 is 0 Å². The molecule has 0 bridgehead atoms. The fourth-order valence-electron chi connectivity index (χ4n) is 0.994. The molecule has 0 radical (unpaired) electrons. The van der Waals surface area contributed by atoms with Gasteiger partial charge in [-0.05, 0) is 43.8 Å². The summed E-state index contributed by atoms with van der Waals surface area (Å²) in [6.45, 7) is 4.43. The Morgan fingerprint density at radius 1 is 1.50 bits per heavy atom. The molecule has 0 saturated heterocycles. The summed E-state index contributed by atoms with van der Waals surface area (Å²) in [5.74, 6) is 0. The van der Waals surface area contributed by atoms with Crippen LogP contribution in [0.3, 0.4) is 0 Å². The predicted octanol–water partition coefficient (Wildman–Crippen LogP) is 3.44. The third-order valence-corrected chi connectivity index (χ3v) is 1.80. The van der Waals surface area contributed by atoms with Crippen molar-refractivity contribution in [3.63, 3.8) is 0 Å². The van der Waals surface area contributed by atoms with Gasteiger partial charge in [0.05, 0.1) is 0 Å². The van der Waals surface area contributed by atoms with Gasteiger partial charge < -0.3 is 0 Å². The van der Waals surface area contributed by atoms with Crippen LogP contribution in [0.5, 0.6) is 0 Å². The molecule has 0 aromatic heterocycles. The molecular weight excluding hydrogens is 120 g/mol. The molecule has 0 aliphatic heterocycles. The molecule has 0 amide bonds. The van der Waals surface area contributed by atoms with Gasteiger partial charge in [0.2, 0.25) is 0 Å². The van der Waals surface area contributed by atoms with Gasteiger partial charge in [0, 0.05) is 0 Å². The molecule has 0 aromatic rings. The minimum Gasteiger partial charge on any atom is -0.123 e. The molecule has 0 spiro atoms. The molecule has 1 fully saturated rings. The monoisotopic (exact) mass is 136 g/mol. The number of rotatable bonds is 3. The van der Waals surface area contributed by atoms with Crippen LogP contribution in [-0.4, -0.2) is 0 Å². The van der Waals surface area contributed by atoms with E-state index in [4.69, 9.17) is 0 Å². The van der Waals surface area contributed by atoms with Crippen LogP contribution >= 0.6 is 0 Å². The van der Waals surface area contributed by atoms with Crippen molar-refractivity contribution in [2.75, 3.05) is 0 Å². The maximum atomic E-state index is 3.42. The fraction of sp³-hybridized carbons (Fsp3) is 0.700. The highest BCUT2D eigenvalue weighted by atomic mass is 14.1. The van der Waals surface area contributed by atoms with Gasteiger partial charge in [-0.25, -0.2) is 0 Å². The largest absolute Gasteiger partial charge is 0.123 e. The van der Waals surface area contributed by atoms with E-state index in [-0.39, 0.29) is 0 Å². The Labute approximate surface area is 63.6 Å². The van der Waals surface area contributed by atoms with Crippen molar-refractivity contribution in [3.05, 3.63) is 16.9 Å². The van der Waals surface area contributed by atoms with Crippen LogP contribution in [0.1, 0.15) is 46.0 Å². The van der Waals surface area contributed by atoms with E-state index in [0.717, 1.165) is 0 Å². The molecule has 10 heavy (non-hydrogen) atoms. The molecule has 0 heteroatoms. The van der Waals surface area contributed by atoms with E-state index in [9.17, 15) is 0 Å². The first-order valence-corrected chi connectivity index (χ1v) is 4.27. The van der Waals surface area contributed by atoms with Gasteiger partial charge >= 0.3 is 0 Å². The van der Waals surface area contributed by atoms with Crippen molar-refractivity contribution in [3.8, 4) is 0 Å². The topological polar surface area (TPSA) is 0 Å². The molecule has 1 saturated carbocycles. The van der Waals surface area contributed by atoms with Gasteiger partial charge in [-0.2, -0.15) is 0 Å². The zero-order valence-corrected chi connectivity index (χ0v) is 7.04. The van der Waals surface area contributed by atoms with Crippen LogP contribution in [0.25, 0.3) is 0 Å². The molecule has 1 rings (SSSR count). The highest BCUT2D eigenvalue weighted by Gasteiger charge is 2.09. The standard InChI is InChI=1S/C10H16/c1-3-4-5-9(2)8-10-6-7-10/h3-7H2,1-2H3. The molecule has 1 aliphatic carbocycles. The first kappa shape index (κ1) is 7.63. The molecule has 56 valence electrons. The maximum absolute atomic E-state index is 3.42. The van der Waals surface area contributed by atoms with Crippen molar-refractivity contribution >= 4 is 0 Å². The summed E-state index contributed by atoms with van der Waals surface area (Å²) in [4.78, 5) is 0. The first-order valence-electron chi connectivity index (χ1n) is 4.27. The van der Waals surface area contributed by atoms with Gasteiger partial charge in [-0.3, -0.25) is 0 Å². The second-order valence-electron chi connectivity index (χ2n) is 3.11. The third-order valence-electron chi connectivity index (χ3n) is 1.80. The number of allylic oxidation sites excluding steroid dienone is 1. The lowest BCUT2D eigenvalue weighted by Crippen LogP contribution is -1.73. The van der Waals surface area contributed by atoms with E-state index in [2.05, 4.69) is 19.6 Å². The summed E-state index contributed by atoms with van der Waals surface area (Å²) in [6, 6.07) is 0. The molecule has 0 aromatic carbocycles. The smallest absolute Gasteiger partial charge is 0.0200 e. The maximum Gasteiger partial charge on any atom is -0.0200 e. The van der Waals surface area contributed by atoms with Crippen LogP contribution in [0.2, 0.25) is 0 Å². The Balaban J connectivity index is 2.33. The number of hydrogen-bond acceptors (Lipinski definition) is 0. The van der Waals surface area contributed by atoms with Crippen LogP contribution in [0.15, 0.2) is 16.9 Å². The molecule has 0 N–H and O–H groups in total. The van der Waals surface area contributed by atoms with E-state index in [1.165, 1.54) is 43.3 Å². The number of unbranched alkanes of at least 4 members (excludes halogenated alkanes) is 1. The lowest BCUT2D eigenvalue weighted by atomic mass is 10.1. The fourth-order valence-corrected chi connectivity index (χ4v) is 0.994. The minimum absolute atomic E-state index is 1.25. The van der Waals surface area contributed by atoms with E-state index < -0.39 is 0 Å². The molecule has 1 aliphatic rings. The highest BCUT2D eigenvalue weighted by molar-refractivity contribution is 5.18. The summed E-state index contributed by atoms with van der Waals surface area (Å²) in [6.07, 6.45) is 6.49. The second-order valence-corrected chi connectivity index (χ2v) is 3.11. The lowest BCUT2D eigenvalue weighted by molar-refractivity contribution is 0.788. The van der Waals surface area contributed by atoms with Crippen LogP contribution in [0.4, 0.5) is 0 Å². The van der Waals surface area contributed by atoms with E-state index in [1.807, 2.05) is 0 Å². The van der Waals surface area contributed by atoms with Crippen LogP contribution in [0, 0.1) is 0 Å². The third kappa shape index (κ3) is 2.89. The Morgan fingerprint density at radius 2 is 2.20 bits per heavy atom. The molecular formula is C10H16. The molecule has 0 nitrogen and oxygen atoms in total. The summed E-state index contributed by atoms with van der Waals surface area (Å²) >= 11 is 0. The summed E-state index contributed by atoms with van der Waals surface area (Å²) in [5.41, 5.74) is 6.41. The number of hydrogen-bond donors (Lipinski definition) is 0. The minimum atomic E-state index is 1.25. The normalized spacial score (nSPS) is 14.8. The highest BCUT2D eigenvalue weighted by Crippen LogP contribution is 2.26. The van der Waals surface area contributed by atoms with Gasteiger partial charge in [0.15, 0.2) is 0 Å². The Kier molecular flexibility index (Phi) is 2.77. The van der Waals surface area contributed by atoms with Crippen molar-refractivity contribution < 1.29 is 0 Å². The Bertz CT molecular complexity index is 162. The van der Waals surface area contributed by atoms with Crippen molar-refractivity contribution in [2.45, 2.75) is 46.0 Å².